The largest absolute Gasteiger partial charge is 0.382 e. The van der Waals surface area contributed by atoms with Gasteiger partial charge in [-0.1, -0.05) is 0 Å². The molecule has 1 aliphatic rings. The van der Waals surface area contributed by atoms with Gasteiger partial charge in [-0.25, -0.2) is 0 Å². The number of ether oxygens (including phenoxy) is 2. The molecule has 0 heterocycles. The zero-order valence-electron chi connectivity index (χ0n) is 10.2. The van der Waals surface area contributed by atoms with E-state index in [0.717, 1.165) is 12.8 Å². The maximum absolute atomic E-state index is 11.3. The van der Waals surface area contributed by atoms with Crippen molar-refractivity contribution >= 4 is 11.8 Å². The van der Waals surface area contributed by atoms with E-state index >= 15 is 0 Å². The molecule has 1 fully saturated rings. The van der Waals surface area contributed by atoms with Gasteiger partial charge in [-0.2, -0.15) is 0 Å². The maximum atomic E-state index is 11.3. The summed E-state index contributed by atoms with van der Waals surface area (Å²) in [5.74, 6) is -0.214. The normalized spacial score (nSPS) is 14.4. The summed E-state index contributed by atoms with van der Waals surface area (Å²) in [7, 11) is 1.57. The number of rotatable bonds is 9. The van der Waals surface area contributed by atoms with Crippen LogP contribution < -0.4 is 10.6 Å². The molecule has 0 spiro atoms. The number of hydrogen-bond acceptors (Lipinski definition) is 4. The predicted octanol–water partition coefficient (Wildman–Crippen LogP) is -0.566. The van der Waals surface area contributed by atoms with Crippen molar-refractivity contribution in [2.45, 2.75) is 25.3 Å². The van der Waals surface area contributed by atoms with Crippen LogP contribution in [-0.4, -0.2) is 51.3 Å². The summed E-state index contributed by atoms with van der Waals surface area (Å²) in [5, 5.41) is 5.47. The second-order valence-corrected chi connectivity index (χ2v) is 3.99. The van der Waals surface area contributed by atoms with E-state index < -0.39 is 0 Å². The minimum atomic E-state index is -0.208. The molecule has 1 saturated carbocycles. The Morgan fingerprint density at radius 1 is 1.24 bits per heavy atom. The van der Waals surface area contributed by atoms with Gasteiger partial charge in [-0.05, 0) is 12.8 Å². The van der Waals surface area contributed by atoms with Crippen molar-refractivity contribution in [3.8, 4) is 0 Å². The van der Waals surface area contributed by atoms with Crippen LogP contribution in [0.15, 0.2) is 0 Å². The highest BCUT2D eigenvalue weighted by molar-refractivity contribution is 5.79. The Morgan fingerprint density at radius 2 is 2.00 bits per heavy atom. The van der Waals surface area contributed by atoms with E-state index in [1.165, 1.54) is 0 Å². The van der Waals surface area contributed by atoms with E-state index in [1.807, 2.05) is 0 Å². The van der Waals surface area contributed by atoms with Gasteiger partial charge >= 0.3 is 0 Å². The van der Waals surface area contributed by atoms with Crippen LogP contribution in [0.1, 0.15) is 19.3 Å². The first kappa shape index (κ1) is 13.9. The van der Waals surface area contributed by atoms with Crippen LogP contribution in [0.25, 0.3) is 0 Å². The molecule has 6 nitrogen and oxygen atoms in total. The molecule has 0 aromatic carbocycles. The molecule has 0 atom stereocenters. The summed E-state index contributed by atoms with van der Waals surface area (Å²) < 4.78 is 9.80. The van der Waals surface area contributed by atoms with Gasteiger partial charge < -0.3 is 20.1 Å². The van der Waals surface area contributed by atoms with Crippen molar-refractivity contribution in [3.05, 3.63) is 0 Å². The highest BCUT2D eigenvalue weighted by Gasteiger charge is 2.22. The number of amides is 2. The average Bonchev–Trinajstić information content (AvgIpc) is 3.08. The molecule has 1 aliphatic carbocycles. The van der Waals surface area contributed by atoms with E-state index in [0.29, 0.717) is 32.2 Å². The predicted molar refractivity (Wildman–Crippen MR) is 61.5 cm³/mol. The van der Waals surface area contributed by atoms with Crippen LogP contribution in [0, 0.1) is 0 Å². The lowest BCUT2D eigenvalue weighted by Gasteiger charge is -2.06. The van der Waals surface area contributed by atoms with E-state index in [9.17, 15) is 9.59 Å². The molecule has 0 radical (unpaired) electrons. The fourth-order valence-corrected chi connectivity index (χ4v) is 1.20. The average molecular weight is 244 g/mol. The van der Waals surface area contributed by atoms with Crippen molar-refractivity contribution in [2.24, 2.45) is 0 Å². The standard InChI is InChI=1S/C11H20N2O4/c1-16-6-7-17-8-11(15)12-5-4-10(14)13-9-2-3-9/h9H,2-8H2,1H3,(H,12,15)(H,13,14). The third-order valence-corrected chi connectivity index (χ3v) is 2.28. The quantitative estimate of drug-likeness (QED) is 0.533. The smallest absolute Gasteiger partial charge is 0.246 e. The van der Waals surface area contributed by atoms with Crippen molar-refractivity contribution in [1.29, 1.82) is 0 Å². The number of carbonyl (C=O) groups is 2. The molecular formula is C11H20N2O4. The van der Waals surface area contributed by atoms with Crippen molar-refractivity contribution in [3.63, 3.8) is 0 Å². The second kappa shape index (κ2) is 8.03. The summed E-state index contributed by atoms with van der Waals surface area (Å²) in [4.78, 5) is 22.5. The van der Waals surface area contributed by atoms with Crippen LogP contribution in [0.4, 0.5) is 0 Å². The molecule has 0 saturated heterocycles. The molecular weight excluding hydrogens is 224 g/mol. The molecule has 6 heteroatoms. The van der Waals surface area contributed by atoms with Gasteiger partial charge in [0.2, 0.25) is 11.8 Å². The minimum absolute atomic E-state index is 0.00639. The Balaban J connectivity index is 1.90. The van der Waals surface area contributed by atoms with Gasteiger partial charge in [0.15, 0.2) is 0 Å². The second-order valence-electron chi connectivity index (χ2n) is 3.99. The summed E-state index contributed by atoms with van der Waals surface area (Å²) in [5.41, 5.74) is 0. The van der Waals surface area contributed by atoms with E-state index in [-0.39, 0.29) is 18.4 Å². The zero-order valence-corrected chi connectivity index (χ0v) is 10.2. The molecule has 17 heavy (non-hydrogen) atoms. The van der Waals surface area contributed by atoms with Crippen LogP contribution in [0.5, 0.6) is 0 Å². The van der Waals surface area contributed by atoms with Gasteiger partial charge in [0.25, 0.3) is 0 Å². The molecule has 98 valence electrons. The monoisotopic (exact) mass is 244 g/mol. The SMILES string of the molecule is COCCOCC(=O)NCCC(=O)NC1CC1. The van der Waals surface area contributed by atoms with E-state index in [4.69, 9.17) is 9.47 Å². The van der Waals surface area contributed by atoms with E-state index in [1.54, 1.807) is 7.11 Å². The zero-order chi connectivity index (χ0) is 12.5. The fraction of sp³-hybridized carbons (Fsp3) is 0.818. The Hall–Kier alpha value is -1.14. The number of carbonyl (C=O) groups excluding carboxylic acids is 2. The van der Waals surface area contributed by atoms with Gasteiger partial charge in [-0.15, -0.1) is 0 Å². The molecule has 0 aliphatic heterocycles. The molecule has 0 bridgehead atoms. The lowest BCUT2D eigenvalue weighted by atomic mass is 10.4. The maximum Gasteiger partial charge on any atom is 0.246 e. The number of hydrogen-bond donors (Lipinski definition) is 2. The lowest BCUT2D eigenvalue weighted by molar-refractivity contribution is -0.126. The summed E-state index contributed by atoms with van der Waals surface area (Å²) in [6.45, 7) is 1.22. The first-order valence-corrected chi connectivity index (χ1v) is 5.85. The van der Waals surface area contributed by atoms with Gasteiger partial charge in [0.05, 0.1) is 13.2 Å². The first-order valence-electron chi connectivity index (χ1n) is 5.85. The fourth-order valence-electron chi connectivity index (χ4n) is 1.20. The van der Waals surface area contributed by atoms with E-state index in [2.05, 4.69) is 10.6 Å². The highest BCUT2D eigenvalue weighted by atomic mass is 16.5. The van der Waals surface area contributed by atoms with Gasteiger partial charge in [0.1, 0.15) is 6.61 Å². The van der Waals surface area contributed by atoms with Crippen molar-refractivity contribution in [2.75, 3.05) is 33.5 Å². The Bertz CT molecular complexity index is 254. The Labute approximate surface area is 101 Å². The molecule has 1 rings (SSSR count). The number of nitrogens with one attached hydrogen (secondary N) is 2. The third kappa shape index (κ3) is 7.70. The summed E-state index contributed by atoms with van der Waals surface area (Å²) >= 11 is 0. The van der Waals surface area contributed by atoms with Crippen molar-refractivity contribution < 1.29 is 19.1 Å². The number of methoxy groups -OCH3 is 1. The van der Waals surface area contributed by atoms with Gasteiger partial charge in [-0.3, -0.25) is 9.59 Å². The van der Waals surface area contributed by atoms with Crippen LogP contribution in [0.2, 0.25) is 0 Å². The van der Waals surface area contributed by atoms with Crippen LogP contribution in [-0.2, 0) is 19.1 Å². The molecule has 0 unspecified atom stereocenters. The molecule has 0 aromatic heterocycles. The lowest BCUT2D eigenvalue weighted by Crippen LogP contribution is -2.33. The minimum Gasteiger partial charge on any atom is -0.382 e. The van der Waals surface area contributed by atoms with Crippen LogP contribution in [0.3, 0.4) is 0 Å². The van der Waals surface area contributed by atoms with Gasteiger partial charge in [0, 0.05) is 26.1 Å². The first-order chi connectivity index (χ1) is 8.22. The van der Waals surface area contributed by atoms with Crippen LogP contribution >= 0.6 is 0 Å². The molecule has 0 aromatic rings. The summed E-state index contributed by atoms with van der Waals surface area (Å²) in [6, 6.07) is 0.371. The third-order valence-electron chi connectivity index (χ3n) is 2.28. The Kier molecular flexibility index (Phi) is 6.57. The summed E-state index contributed by atoms with van der Waals surface area (Å²) in [6.07, 6.45) is 2.47. The Morgan fingerprint density at radius 3 is 2.65 bits per heavy atom. The molecule has 2 N–H and O–H groups in total. The molecule has 2 amide bonds. The van der Waals surface area contributed by atoms with Crippen molar-refractivity contribution in [1.82, 2.24) is 10.6 Å². The topological polar surface area (TPSA) is 76.7 Å². The highest BCUT2D eigenvalue weighted by Crippen LogP contribution is 2.18.